The maximum Gasteiger partial charge on any atom is 0.191 e. The van der Waals surface area contributed by atoms with Crippen LogP contribution in [0.15, 0.2) is 59.8 Å². The zero-order valence-electron chi connectivity index (χ0n) is 12.2. The number of thioether (sulfide) groups is 1. The maximum atomic E-state index is 14.0. The van der Waals surface area contributed by atoms with Crippen molar-refractivity contribution >= 4 is 11.8 Å². The van der Waals surface area contributed by atoms with Gasteiger partial charge in [-0.15, -0.1) is 10.2 Å². The van der Waals surface area contributed by atoms with Crippen molar-refractivity contribution in [3.63, 3.8) is 0 Å². The average molecular weight is 313 g/mol. The number of aromatic nitrogens is 3. The van der Waals surface area contributed by atoms with Crippen LogP contribution in [0.3, 0.4) is 0 Å². The molecule has 3 rings (SSSR count). The molecule has 0 aliphatic heterocycles. The van der Waals surface area contributed by atoms with E-state index in [9.17, 15) is 4.39 Å². The monoisotopic (exact) mass is 313 g/mol. The Hall–Kier alpha value is -2.14. The average Bonchev–Trinajstić information content (AvgIpc) is 2.97. The molecule has 1 aromatic heterocycles. The molecule has 0 aliphatic carbocycles. The van der Waals surface area contributed by atoms with Crippen LogP contribution in [-0.2, 0) is 13.0 Å². The summed E-state index contributed by atoms with van der Waals surface area (Å²) in [7, 11) is 0. The Morgan fingerprint density at radius 3 is 2.45 bits per heavy atom. The number of rotatable bonds is 5. The van der Waals surface area contributed by atoms with Gasteiger partial charge in [0, 0.05) is 6.54 Å². The second-order valence-corrected chi connectivity index (χ2v) is 5.65. The summed E-state index contributed by atoms with van der Waals surface area (Å²) in [4.78, 5) is 0. The van der Waals surface area contributed by atoms with Gasteiger partial charge < -0.3 is 4.57 Å². The van der Waals surface area contributed by atoms with Crippen molar-refractivity contribution < 1.29 is 4.39 Å². The first-order chi connectivity index (χ1) is 10.8. The Balaban J connectivity index is 1.93. The molecule has 3 aromatic rings. The maximum absolute atomic E-state index is 14.0. The van der Waals surface area contributed by atoms with Crippen molar-refractivity contribution in [3.8, 4) is 11.4 Å². The third-order valence-electron chi connectivity index (χ3n) is 3.48. The molecule has 0 amide bonds. The number of halogens is 1. The van der Waals surface area contributed by atoms with E-state index in [4.69, 9.17) is 0 Å². The first-order valence-corrected chi connectivity index (χ1v) is 8.28. The lowest BCUT2D eigenvalue weighted by molar-refractivity contribution is 0.616. The standard InChI is InChI=1S/C17H16FN3S/c1-22-17-20-19-16(14-9-5-6-10-15(14)18)21(17)12-11-13-7-3-2-4-8-13/h2-10H,11-12H2,1H3. The Labute approximate surface area is 133 Å². The number of hydrogen-bond acceptors (Lipinski definition) is 3. The molecule has 22 heavy (non-hydrogen) atoms. The summed E-state index contributed by atoms with van der Waals surface area (Å²) < 4.78 is 16.0. The highest BCUT2D eigenvalue weighted by Crippen LogP contribution is 2.25. The highest BCUT2D eigenvalue weighted by atomic mass is 32.2. The van der Waals surface area contributed by atoms with Crippen molar-refractivity contribution in [2.24, 2.45) is 0 Å². The van der Waals surface area contributed by atoms with Gasteiger partial charge in [-0.3, -0.25) is 0 Å². The molecule has 0 saturated heterocycles. The quantitative estimate of drug-likeness (QED) is 0.666. The first kappa shape index (κ1) is 14.8. The number of benzene rings is 2. The molecule has 0 aliphatic rings. The van der Waals surface area contributed by atoms with Crippen LogP contribution in [0.25, 0.3) is 11.4 Å². The normalized spacial score (nSPS) is 10.8. The van der Waals surface area contributed by atoms with E-state index in [2.05, 4.69) is 22.3 Å². The van der Waals surface area contributed by atoms with Crippen LogP contribution in [-0.4, -0.2) is 21.0 Å². The molecule has 112 valence electrons. The van der Waals surface area contributed by atoms with Crippen LogP contribution in [0, 0.1) is 5.82 Å². The Bertz CT molecular complexity index is 756. The molecule has 3 nitrogen and oxygen atoms in total. The van der Waals surface area contributed by atoms with Gasteiger partial charge in [0.25, 0.3) is 0 Å². The van der Waals surface area contributed by atoms with E-state index < -0.39 is 0 Å². The minimum absolute atomic E-state index is 0.275. The van der Waals surface area contributed by atoms with E-state index in [0.717, 1.165) is 18.1 Å². The van der Waals surface area contributed by atoms with Gasteiger partial charge >= 0.3 is 0 Å². The third kappa shape index (κ3) is 3.04. The van der Waals surface area contributed by atoms with E-state index in [-0.39, 0.29) is 5.82 Å². The van der Waals surface area contributed by atoms with Crippen molar-refractivity contribution in [1.82, 2.24) is 14.8 Å². The van der Waals surface area contributed by atoms with Gasteiger partial charge in [-0.1, -0.05) is 54.2 Å². The van der Waals surface area contributed by atoms with Gasteiger partial charge in [0.15, 0.2) is 11.0 Å². The van der Waals surface area contributed by atoms with Gasteiger partial charge in [0.2, 0.25) is 0 Å². The second kappa shape index (κ2) is 6.75. The fourth-order valence-corrected chi connectivity index (χ4v) is 2.89. The molecule has 5 heteroatoms. The summed E-state index contributed by atoms with van der Waals surface area (Å²) in [5.41, 5.74) is 1.73. The predicted octanol–water partition coefficient (Wildman–Crippen LogP) is 4.05. The predicted molar refractivity (Wildman–Crippen MR) is 87.3 cm³/mol. The van der Waals surface area contributed by atoms with Gasteiger partial charge in [0.1, 0.15) is 5.82 Å². The lowest BCUT2D eigenvalue weighted by atomic mass is 10.1. The van der Waals surface area contributed by atoms with Crippen LogP contribution < -0.4 is 0 Å². The Morgan fingerprint density at radius 1 is 1.00 bits per heavy atom. The summed E-state index contributed by atoms with van der Waals surface area (Å²) in [6, 6.07) is 16.9. The Morgan fingerprint density at radius 2 is 1.73 bits per heavy atom. The van der Waals surface area contributed by atoms with E-state index in [0.29, 0.717) is 11.4 Å². The third-order valence-corrected chi connectivity index (χ3v) is 4.15. The molecular formula is C17H16FN3S. The first-order valence-electron chi connectivity index (χ1n) is 7.05. The van der Waals surface area contributed by atoms with Crippen molar-refractivity contribution in [3.05, 3.63) is 66.0 Å². The topological polar surface area (TPSA) is 30.7 Å². The van der Waals surface area contributed by atoms with Crippen molar-refractivity contribution in [2.75, 3.05) is 6.26 Å². The van der Waals surface area contributed by atoms with Crippen molar-refractivity contribution in [1.29, 1.82) is 0 Å². The molecule has 0 N–H and O–H groups in total. The fourth-order valence-electron chi connectivity index (χ4n) is 2.37. The van der Waals surface area contributed by atoms with E-state index >= 15 is 0 Å². The van der Waals surface area contributed by atoms with Crippen LogP contribution in [0.5, 0.6) is 0 Å². The van der Waals surface area contributed by atoms with E-state index in [1.807, 2.05) is 35.1 Å². The fraction of sp³-hybridized carbons (Fsp3) is 0.176. The number of aryl methyl sites for hydroxylation is 1. The molecule has 0 unspecified atom stereocenters. The smallest absolute Gasteiger partial charge is 0.191 e. The largest absolute Gasteiger partial charge is 0.302 e. The van der Waals surface area contributed by atoms with Crippen LogP contribution in [0.2, 0.25) is 0 Å². The molecular weight excluding hydrogens is 297 g/mol. The summed E-state index contributed by atoms with van der Waals surface area (Å²) in [6.07, 6.45) is 2.81. The van der Waals surface area contributed by atoms with Crippen LogP contribution in [0.4, 0.5) is 4.39 Å². The summed E-state index contributed by atoms with van der Waals surface area (Å²) in [5, 5.41) is 9.16. The van der Waals surface area contributed by atoms with Gasteiger partial charge in [-0.25, -0.2) is 4.39 Å². The lowest BCUT2D eigenvalue weighted by Crippen LogP contribution is -2.05. The molecule has 0 bridgehead atoms. The van der Waals surface area contributed by atoms with Crippen molar-refractivity contribution in [2.45, 2.75) is 18.1 Å². The summed E-state index contributed by atoms with van der Waals surface area (Å²) in [6.45, 7) is 0.719. The van der Waals surface area contributed by atoms with Crippen LogP contribution >= 0.6 is 11.8 Å². The molecule has 2 aromatic carbocycles. The van der Waals surface area contributed by atoms with E-state index in [1.165, 1.54) is 23.4 Å². The van der Waals surface area contributed by atoms with Gasteiger partial charge in [-0.2, -0.15) is 0 Å². The van der Waals surface area contributed by atoms with E-state index in [1.54, 1.807) is 12.1 Å². The van der Waals surface area contributed by atoms with Gasteiger partial charge in [-0.05, 0) is 30.4 Å². The lowest BCUT2D eigenvalue weighted by Gasteiger charge is -2.10. The minimum Gasteiger partial charge on any atom is -0.302 e. The molecule has 0 radical (unpaired) electrons. The highest BCUT2D eigenvalue weighted by molar-refractivity contribution is 7.98. The molecule has 1 heterocycles. The molecule has 0 fully saturated rings. The molecule has 0 spiro atoms. The SMILES string of the molecule is CSc1nnc(-c2ccccc2F)n1CCc1ccccc1. The number of hydrogen-bond donors (Lipinski definition) is 0. The minimum atomic E-state index is -0.275. The van der Waals surface area contributed by atoms with Crippen LogP contribution in [0.1, 0.15) is 5.56 Å². The summed E-state index contributed by atoms with van der Waals surface area (Å²) >= 11 is 1.52. The molecule has 0 saturated carbocycles. The zero-order valence-corrected chi connectivity index (χ0v) is 13.1. The Kier molecular flexibility index (Phi) is 4.53. The molecule has 0 atom stereocenters. The summed E-state index contributed by atoms with van der Waals surface area (Å²) in [5.74, 6) is 0.307. The second-order valence-electron chi connectivity index (χ2n) is 4.88. The van der Waals surface area contributed by atoms with Gasteiger partial charge in [0.05, 0.1) is 5.56 Å². The highest BCUT2D eigenvalue weighted by Gasteiger charge is 2.16. The number of nitrogens with zero attached hydrogens (tertiary/aromatic N) is 3. The zero-order chi connectivity index (χ0) is 15.4.